The Morgan fingerprint density at radius 2 is 1.67 bits per heavy atom. The molecule has 2 unspecified atom stereocenters. The molecule has 1 heterocycles. The maximum absolute atomic E-state index is 6.27. The van der Waals surface area contributed by atoms with Gasteiger partial charge in [-0.05, 0) is 60.9 Å². The predicted molar refractivity (Wildman–Crippen MR) is 86.5 cm³/mol. The summed E-state index contributed by atoms with van der Waals surface area (Å²) >= 11 is 0. The molecule has 0 aromatic rings. The third-order valence-electron chi connectivity index (χ3n) is 4.16. The van der Waals surface area contributed by atoms with Gasteiger partial charge in [-0.25, -0.2) is 0 Å². The van der Waals surface area contributed by atoms with Crippen LogP contribution in [0.3, 0.4) is 0 Å². The van der Waals surface area contributed by atoms with Crippen molar-refractivity contribution in [1.29, 1.82) is 0 Å². The van der Waals surface area contributed by atoms with E-state index in [4.69, 9.17) is 14.2 Å². The third-order valence-corrected chi connectivity index (χ3v) is 4.16. The van der Waals surface area contributed by atoms with Crippen LogP contribution >= 0.6 is 0 Å². The largest absolute Gasteiger partial charge is 0.369 e. The molecular formula is C17H35NO3. The molecule has 21 heavy (non-hydrogen) atoms. The zero-order chi connectivity index (χ0) is 16.1. The van der Waals surface area contributed by atoms with Crippen molar-refractivity contribution in [3.8, 4) is 0 Å². The first-order valence-corrected chi connectivity index (χ1v) is 8.44. The van der Waals surface area contributed by atoms with Gasteiger partial charge < -0.3 is 19.5 Å². The fraction of sp³-hybridized carbons (Fsp3) is 1.00. The maximum Gasteiger partial charge on any atom is 0.173 e. The minimum atomic E-state index is -0.215. The highest BCUT2D eigenvalue weighted by Gasteiger charge is 2.51. The highest BCUT2D eigenvalue weighted by molar-refractivity contribution is 5.00. The van der Waals surface area contributed by atoms with Gasteiger partial charge in [0.1, 0.15) is 0 Å². The van der Waals surface area contributed by atoms with Crippen molar-refractivity contribution in [3.63, 3.8) is 0 Å². The summed E-state index contributed by atoms with van der Waals surface area (Å²) in [7, 11) is 0. The van der Waals surface area contributed by atoms with Gasteiger partial charge >= 0.3 is 0 Å². The minimum Gasteiger partial charge on any atom is -0.369 e. The highest BCUT2D eigenvalue weighted by Crippen LogP contribution is 2.44. The Kier molecular flexibility index (Phi) is 7.11. The third kappa shape index (κ3) is 5.20. The second-order valence-corrected chi connectivity index (χ2v) is 7.03. The molecule has 0 saturated carbocycles. The van der Waals surface area contributed by atoms with E-state index in [1.165, 1.54) is 0 Å². The van der Waals surface area contributed by atoms with Gasteiger partial charge in [-0.2, -0.15) is 0 Å². The van der Waals surface area contributed by atoms with Crippen LogP contribution in [-0.4, -0.2) is 43.3 Å². The first kappa shape index (κ1) is 18.9. The van der Waals surface area contributed by atoms with E-state index in [-0.39, 0.29) is 23.5 Å². The van der Waals surface area contributed by atoms with Crippen LogP contribution in [-0.2, 0) is 14.2 Å². The van der Waals surface area contributed by atoms with E-state index in [1.807, 2.05) is 13.8 Å². The Morgan fingerprint density at radius 3 is 2.05 bits per heavy atom. The SMILES string of the molecule is CCCNC(C(OCC)OCC)C1CC(C)(C)OC1(C)C. The number of nitrogens with one attached hydrogen (secondary N) is 1. The molecule has 0 aromatic carbocycles. The van der Waals surface area contributed by atoms with Crippen LogP contribution in [0.15, 0.2) is 0 Å². The molecule has 0 aromatic heterocycles. The lowest BCUT2D eigenvalue weighted by Gasteiger charge is -2.37. The molecule has 126 valence electrons. The molecule has 0 spiro atoms. The Balaban J connectivity index is 2.94. The van der Waals surface area contributed by atoms with Crippen molar-refractivity contribution in [3.05, 3.63) is 0 Å². The van der Waals surface area contributed by atoms with Gasteiger partial charge in [0, 0.05) is 19.1 Å². The normalized spacial score (nSPS) is 25.4. The van der Waals surface area contributed by atoms with Crippen molar-refractivity contribution in [2.75, 3.05) is 19.8 Å². The Bertz CT molecular complexity index is 298. The van der Waals surface area contributed by atoms with Crippen LogP contribution in [0.4, 0.5) is 0 Å². The zero-order valence-electron chi connectivity index (χ0n) is 15.0. The summed E-state index contributed by atoms with van der Waals surface area (Å²) in [6.07, 6.45) is 1.89. The first-order chi connectivity index (χ1) is 9.77. The molecule has 1 rings (SSSR count). The molecule has 1 aliphatic heterocycles. The van der Waals surface area contributed by atoms with E-state index in [9.17, 15) is 0 Å². The van der Waals surface area contributed by atoms with Gasteiger partial charge in [0.2, 0.25) is 0 Å². The molecule has 0 radical (unpaired) electrons. The topological polar surface area (TPSA) is 39.7 Å². The van der Waals surface area contributed by atoms with Crippen LogP contribution in [0.1, 0.15) is 61.3 Å². The van der Waals surface area contributed by atoms with Crippen molar-refractivity contribution < 1.29 is 14.2 Å². The van der Waals surface area contributed by atoms with Crippen molar-refractivity contribution >= 4 is 0 Å². The van der Waals surface area contributed by atoms with E-state index in [1.54, 1.807) is 0 Å². The summed E-state index contributed by atoms with van der Waals surface area (Å²) in [5.74, 6) is 0.363. The predicted octanol–water partition coefficient (Wildman–Crippen LogP) is 3.35. The van der Waals surface area contributed by atoms with E-state index in [0.29, 0.717) is 19.1 Å². The summed E-state index contributed by atoms with van der Waals surface area (Å²) in [5, 5.41) is 3.64. The fourth-order valence-electron chi connectivity index (χ4n) is 3.49. The summed E-state index contributed by atoms with van der Waals surface area (Å²) in [5.41, 5.74) is -0.273. The van der Waals surface area contributed by atoms with Gasteiger partial charge in [-0.1, -0.05) is 6.92 Å². The molecule has 0 bridgehead atoms. The van der Waals surface area contributed by atoms with Crippen LogP contribution in [0, 0.1) is 5.92 Å². The highest BCUT2D eigenvalue weighted by atomic mass is 16.7. The Hall–Kier alpha value is -0.160. The quantitative estimate of drug-likeness (QED) is 0.663. The van der Waals surface area contributed by atoms with Gasteiger partial charge in [-0.3, -0.25) is 0 Å². The Labute approximate surface area is 130 Å². The van der Waals surface area contributed by atoms with Crippen LogP contribution in [0.2, 0.25) is 0 Å². The molecule has 0 amide bonds. The van der Waals surface area contributed by atoms with Gasteiger partial charge in [0.25, 0.3) is 0 Å². The van der Waals surface area contributed by atoms with Crippen molar-refractivity contribution in [1.82, 2.24) is 5.32 Å². The average Bonchev–Trinajstić information content (AvgIpc) is 2.58. The summed E-state index contributed by atoms with van der Waals surface area (Å²) in [6, 6.07) is 0.154. The Morgan fingerprint density at radius 1 is 1.10 bits per heavy atom. The summed E-state index contributed by atoms with van der Waals surface area (Å²) in [6.45, 7) is 17.2. The molecule has 1 aliphatic rings. The van der Waals surface area contributed by atoms with Crippen LogP contribution < -0.4 is 5.32 Å². The second kappa shape index (κ2) is 7.91. The fourth-order valence-corrected chi connectivity index (χ4v) is 3.49. The average molecular weight is 301 g/mol. The summed E-state index contributed by atoms with van der Waals surface area (Å²) < 4.78 is 18.0. The molecular weight excluding hydrogens is 266 g/mol. The lowest BCUT2D eigenvalue weighted by molar-refractivity contribution is -0.172. The van der Waals surface area contributed by atoms with Crippen molar-refractivity contribution in [2.24, 2.45) is 5.92 Å². The number of hydrogen-bond donors (Lipinski definition) is 1. The van der Waals surface area contributed by atoms with E-state index >= 15 is 0 Å². The van der Waals surface area contributed by atoms with Gasteiger partial charge in [0.05, 0.1) is 17.2 Å². The molecule has 0 aliphatic carbocycles. The maximum atomic E-state index is 6.27. The summed E-state index contributed by atoms with van der Waals surface area (Å²) in [4.78, 5) is 0. The molecule has 1 saturated heterocycles. The van der Waals surface area contributed by atoms with E-state index < -0.39 is 0 Å². The lowest BCUT2D eigenvalue weighted by Crippen LogP contribution is -2.53. The van der Waals surface area contributed by atoms with Crippen LogP contribution in [0.5, 0.6) is 0 Å². The number of rotatable bonds is 9. The molecule has 1 fully saturated rings. The first-order valence-electron chi connectivity index (χ1n) is 8.44. The van der Waals surface area contributed by atoms with E-state index in [2.05, 4.69) is 39.9 Å². The van der Waals surface area contributed by atoms with Gasteiger partial charge in [-0.15, -0.1) is 0 Å². The van der Waals surface area contributed by atoms with E-state index in [0.717, 1.165) is 19.4 Å². The smallest absolute Gasteiger partial charge is 0.173 e. The lowest BCUT2D eigenvalue weighted by atomic mass is 9.81. The molecule has 4 heteroatoms. The van der Waals surface area contributed by atoms with Crippen LogP contribution in [0.25, 0.3) is 0 Å². The number of ether oxygens (including phenoxy) is 3. The monoisotopic (exact) mass is 301 g/mol. The second-order valence-electron chi connectivity index (χ2n) is 7.03. The number of hydrogen-bond acceptors (Lipinski definition) is 4. The minimum absolute atomic E-state index is 0.0940. The van der Waals surface area contributed by atoms with Gasteiger partial charge in [0.15, 0.2) is 6.29 Å². The zero-order valence-corrected chi connectivity index (χ0v) is 15.0. The standard InChI is InChI=1S/C17H35NO3/c1-8-11-18-14(15(19-9-2)20-10-3)13-12-16(4,5)21-17(13,6)7/h13-15,18H,8-12H2,1-7H3. The molecule has 2 atom stereocenters. The molecule has 1 N–H and O–H groups in total. The van der Waals surface area contributed by atoms with Crippen molar-refractivity contribution in [2.45, 2.75) is 84.8 Å². The molecule has 4 nitrogen and oxygen atoms in total.